The Kier molecular flexibility index (Phi) is 6.51. The molecule has 0 aliphatic carbocycles. The van der Waals surface area contributed by atoms with Crippen molar-refractivity contribution in [2.24, 2.45) is 0 Å². The Hall–Kier alpha value is -0.260. The van der Waals surface area contributed by atoms with Crippen molar-refractivity contribution in [3.8, 4) is 0 Å². The van der Waals surface area contributed by atoms with E-state index in [9.17, 15) is 8.42 Å². The van der Waals surface area contributed by atoms with Crippen molar-refractivity contribution < 1.29 is 12.0 Å². The molecule has 0 fully saturated rings. The maximum absolute atomic E-state index is 11.3. The smallest absolute Gasteiger partial charge is 0.220 e. The third-order valence-corrected chi connectivity index (χ3v) is 6.34. The number of rotatable bonds is 7. The van der Waals surface area contributed by atoms with Gasteiger partial charge in [-0.05, 0) is 33.4 Å². The van der Waals surface area contributed by atoms with Crippen LogP contribution in [0.5, 0.6) is 0 Å². The first-order valence-corrected chi connectivity index (χ1v) is 9.59. The Bertz CT molecular complexity index is 392. The SMILES string of the molecule is C=C(C)CCS(C)(CC=C(C)C)OS(C)(=O)=O. The zero-order chi connectivity index (χ0) is 13.7. The largest absolute Gasteiger partial charge is 0.273 e. The summed E-state index contributed by atoms with van der Waals surface area (Å²) >= 11 is 0. The van der Waals surface area contributed by atoms with Gasteiger partial charge < -0.3 is 0 Å². The van der Waals surface area contributed by atoms with Crippen molar-refractivity contribution in [2.75, 3.05) is 24.0 Å². The molecule has 102 valence electrons. The molecule has 0 rings (SSSR count). The summed E-state index contributed by atoms with van der Waals surface area (Å²) in [6.45, 7) is 9.79. The summed E-state index contributed by atoms with van der Waals surface area (Å²) in [7, 11) is -5.01. The molecule has 5 heteroatoms. The van der Waals surface area contributed by atoms with E-state index in [2.05, 4.69) is 6.58 Å². The fraction of sp³-hybridized carbons (Fsp3) is 0.667. The van der Waals surface area contributed by atoms with E-state index in [4.69, 9.17) is 3.63 Å². The molecule has 0 saturated heterocycles. The highest BCUT2D eigenvalue weighted by Crippen LogP contribution is 2.48. The van der Waals surface area contributed by atoms with E-state index in [0.29, 0.717) is 5.75 Å². The summed E-state index contributed by atoms with van der Waals surface area (Å²) in [6.07, 6.45) is 5.87. The van der Waals surface area contributed by atoms with Crippen molar-refractivity contribution in [2.45, 2.75) is 27.2 Å². The molecule has 3 nitrogen and oxygen atoms in total. The van der Waals surface area contributed by atoms with E-state index in [1.54, 1.807) is 0 Å². The summed E-state index contributed by atoms with van der Waals surface area (Å²) in [4.78, 5) is 0. The van der Waals surface area contributed by atoms with Gasteiger partial charge in [-0.1, -0.05) is 17.2 Å². The zero-order valence-electron chi connectivity index (χ0n) is 11.4. The normalized spacial score (nSPS) is 17.0. The van der Waals surface area contributed by atoms with E-state index in [0.717, 1.165) is 24.0 Å². The van der Waals surface area contributed by atoms with Gasteiger partial charge in [0.2, 0.25) is 0 Å². The van der Waals surface area contributed by atoms with Crippen LogP contribution < -0.4 is 0 Å². The van der Waals surface area contributed by atoms with E-state index < -0.39 is 20.4 Å². The zero-order valence-corrected chi connectivity index (χ0v) is 13.1. The van der Waals surface area contributed by atoms with Crippen LogP contribution in [0.15, 0.2) is 23.8 Å². The Labute approximate surface area is 108 Å². The standard InChI is InChI=1S/C12H24O3S2/c1-11(2)7-9-16(5,10-8-12(3)4)15-17(6,13)14/h8H,1,7,9-10H2,2-6H3. The highest BCUT2D eigenvalue weighted by Gasteiger charge is 2.23. The third kappa shape index (κ3) is 9.44. The van der Waals surface area contributed by atoms with E-state index in [-0.39, 0.29) is 0 Å². The molecule has 0 aromatic carbocycles. The number of allylic oxidation sites excluding steroid dienone is 2. The second-order valence-electron chi connectivity index (χ2n) is 4.82. The van der Waals surface area contributed by atoms with Crippen molar-refractivity contribution in [1.29, 1.82) is 0 Å². The Morgan fingerprint density at radius 1 is 1.24 bits per heavy atom. The van der Waals surface area contributed by atoms with Gasteiger partial charge in [0.15, 0.2) is 0 Å². The molecule has 1 unspecified atom stereocenters. The minimum Gasteiger partial charge on any atom is -0.220 e. The Morgan fingerprint density at radius 2 is 1.76 bits per heavy atom. The van der Waals surface area contributed by atoms with Gasteiger partial charge in [-0.25, -0.2) is 3.63 Å². The molecule has 0 spiro atoms. The molecular weight excluding hydrogens is 256 g/mol. The first-order valence-electron chi connectivity index (χ1n) is 5.46. The second kappa shape index (κ2) is 6.61. The van der Waals surface area contributed by atoms with Crippen molar-refractivity contribution in [3.05, 3.63) is 23.8 Å². The molecule has 0 heterocycles. The minimum atomic E-state index is -3.40. The monoisotopic (exact) mass is 280 g/mol. The van der Waals surface area contributed by atoms with Crippen LogP contribution in [0, 0.1) is 0 Å². The van der Waals surface area contributed by atoms with Crippen LogP contribution in [0.3, 0.4) is 0 Å². The lowest BCUT2D eigenvalue weighted by Gasteiger charge is -2.33. The fourth-order valence-electron chi connectivity index (χ4n) is 1.18. The van der Waals surface area contributed by atoms with E-state index >= 15 is 0 Å². The summed E-state index contributed by atoms with van der Waals surface area (Å²) in [5, 5.41) is 0. The van der Waals surface area contributed by atoms with Crippen molar-refractivity contribution >= 4 is 20.4 Å². The van der Waals surface area contributed by atoms with Crippen LogP contribution in [-0.4, -0.2) is 32.4 Å². The molecule has 0 saturated carbocycles. The maximum Gasteiger partial charge on any atom is 0.273 e. The quantitative estimate of drug-likeness (QED) is 0.672. The lowest BCUT2D eigenvalue weighted by molar-refractivity contribution is 0.518. The first kappa shape index (κ1) is 16.7. The Balaban J connectivity index is 4.80. The van der Waals surface area contributed by atoms with Gasteiger partial charge >= 0.3 is 0 Å². The van der Waals surface area contributed by atoms with Gasteiger partial charge in [0.1, 0.15) is 0 Å². The van der Waals surface area contributed by atoms with E-state index in [1.807, 2.05) is 33.1 Å². The van der Waals surface area contributed by atoms with Crippen molar-refractivity contribution in [1.82, 2.24) is 0 Å². The predicted molar refractivity (Wildman–Crippen MR) is 78.0 cm³/mol. The molecule has 0 aliphatic heterocycles. The van der Waals surface area contributed by atoms with E-state index in [1.165, 1.54) is 5.57 Å². The summed E-state index contributed by atoms with van der Waals surface area (Å²) in [5.74, 6) is 1.41. The van der Waals surface area contributed by atoms with Crippen molar-refractivity contribution in [3.63, 3.8) is 0 Å². The van der Waals surface area contributed by atoms with Crippen LogP contribution in [0.25, 0.3) is 0 Å². The van der Waals surface area contributed by atoms with Crippen LogP contribution in [-0.2, 0) is 13.7 Å². The predicted octanol–water partition coefficient (Wildman–Crippen LogP) is 3.24. The van der Waals surface area contributed by atoms with Crippen LogP contribution in [0.1, 0.15) is 27.2 Å². The summed E-state index contributed by atoms with van der Waals surface area (Å²) in [6, 6.07) is 0. The maximum atomic E-state index is 11.3. The average Bonchev–Trinajstić information content (AvgIpc) is 2.09. The van der Waals surface area contributed by atoms with Gasteiger partial charge in [0.25, 0.3) is 10.1 Å². The number of hydrogen-bond acceptors (Lipinski definition) is 3. The molecular formula is C12H24O3S2. The molecule has 1 atom stereocenters. The molecule has 0 radical (unpaired) electrons. The van der Waals surface area contributed by atoms with Gasteiger partial charge in [0.05, 0.1) is 6.26 Å². The lowest BCUT2D eigenvalue weighted by atomic mass is 10.3. The van der Waals surface area contributed by atoms with Gasteiger partial charge in [0, 0.05) is 11.5 Å². The second-order valence-corrected chi connectivity index (χ2v) is 9.88. The van der Waals surface area contributed by atoms with Gasteiger partial charge in [-0.15, -0.1) is 16.9 Å². The van der Waals surface area contributed by atoms with Gasteiger partial charge in [-0.2, -0.15) is 8.42 Å². The molecule has 0 amide bonds. The minimum absolute atomic E-state index is 0.676. The van der Waals surface area contributed by atoms with Crippen LogP contribution >= 0.6 is 10.3 Å². The highest BCUT2D eigenvalue weighted by atomic mass is 32.3. The Morgan fingerprint density at radius 3 is 2.12 bits per heavy atom. The highest BCUT2D eigenvalue weighted by molar-refractivity contribution is 8.32. The summed E-state index contributed by atoms with van der Waals surface area (Å²) < 4.78 is 27.9. The molecule has 0 aromatic heterocycles. The third-order valence-electron chi connectivity index (χ3n) is 2.09. The molecule has 0 aromatic rings. The summed E-state index contributed by atoms with van der Waals surface area (Å²) in [5.41, 5.74) is 2.23. The molecule has 0 aliphatic rings. The average molecular weight is 280 g/mol. The van der Waals surface area contributed by atoms with Crippen LogP contribution in [0.2, 0.25) is 0 Å². The fourth-order valence-corrected chi connectivity index (χ4v) is 5.69. The topological polar surface area (TPSA) is 43.4 Å². The van der Waals surface area contributed by atoms with Crippen LogP contribution in [0.4, 0.5) is 0 Å². The molecule has 0 N–H and O–H groups in total. The lowest BCUT2D eigenvalue weighted by Crippen LogP contribution is -2.15. The molecule has 17 heavy (non-hydrogen) atoms. The van der Waals surface area contributed by atoms with Gasteiger partial charge in [-0.3, -0.25) is 0 Å². The first-order chi connectivity index (χ1) is 7.54. The molecule has 0 bridgehead atoms. The number of hydrogen-bond donors (Lipinski definition) is 0.